The number of urea groups is 1. The first-order valence-corrected chi connectivity index (χ1v) is 6.40. The normalized spacial score (nSPS) is 15.0. The first-order valence-electron chi connectivity index (χ1n) is 5.65. The van der Waals surface area contributed by atoms with Crippen LogP contribution in [-0.2, 0) is 20.9 Å². The van der Waals surface area contributed by atoms with Gasteiger partial charge in [-0.1, -0.05) is 29.3 Å². The van der Waals surface area contributed by atoms with E-state index in [0.29, 0.717) is 15.4 Å². The second-order valence-electron chi connectivity index (χ2n) is 4.16. The van der Waals surface area contributed by atoms with Crippen LogP contribution in [0, 0.1) is 0 Å². The average Bonchev–Trinajstić information content (AvgIpc) is 2.59. The van der Waals surface area contributed by atoms with Crippen LogP contribution in [0.5, 0.6) is 0 Å². The standard InChI is InChI=1S/C12H8Cl2N2O5/c13-7-2-1-3-8(14)6(7)4-15-10(19)11(20)16(12(15)21)5-9(17)18/h1-3H,4-5H2,(H,17,18). The van der Waals surface area contributed by atoms with Gasteiger partial charge in [0, 0.05) is 15.6 Å². The Hall–Kier alpha value is -2.12. The smallest absolute Gasteiger partial charge is 0.335 e. The van der Waals surface area contributed by atoms with Gasteiger partial charge >= 0.3 is 23.8 Å². The molecule has 1 aliphatic heterocycles. The number of benzene rings is 1. The largest absolute Gasteiger partial charge is 0.480 e. The number of aliphatic carboxylic acids is 1. The monoisotopic (exact) mass is 330 g/mol. The molecule has 21 heavy (non-hydrogen) atoms. The number of carbonyl (C=O) groups excluding carboxylic acids is 3. The molecule has 1 aromatic carbocycles. The van der Waals surface area contributed by atoms with E-state index in [-0.39, 0.29) is 16.6 Å². The molecule has 0 aliphatic carbocycles. The highest BCUT2D eigenvalue weighted by molar-refractivity contribution is 6.45. The van der Waals surface area contributed by atoms with E-state index in [1.54, 1.807) is 6.07 Å². The van der Waals surface area contributed by atoms with Crippen molar-refractivity contribution in [3.8, 4) is 0 Å². The molecule has 0 bridgehead atoms. The Morgan fingerprint density at radius 1 is 1.05 bits per heavy atom. The number of amides is 4. The molecular formula is C12H8Cl2N2O5. The van der Waals surface area contributed by atoms with Crippen LogP contribution in [0.3, 0.4) is 0 Å². The summed E-state index contributed by atoms with van der Waals surface area (Å²) in [4.78, 5) is 46.9. The van der Waals surface area contributed by atoms with Crippen molar-refractivity contribution in [3.63, 3.8) is 0 Å². The molecule has 1 aliphatic rings. The number of hydrogen-bond donors (Lipinski definition) is 1. The van der Waals surface area contributed by atoms with Crippen LogP contribution in [0.15, 0.2) is 18.2 Å². The second-order valence-corrected chi connectivity index (χ2v) is 4.97. The van der Waals surface area contributed by atoms with Gasteiger partial charge in [0.15, 0.2) is 0 Å². The maximum atomic E-state index is 11.9. The summed E-state index contributed by atoms with van der Waals surface area (Å²) in [6.45, 7) is -1.19. The first kappa shape index (κ1) is 15.3. The number of nitrogens with zero attached hydrogens (tertiary/aromatic N) is 2. The molecule has 110 valence electrons. The molecule has 1 aromatic rings. The summed E-state index contributed by atoms with van der Waals surface area (Å²) < 4.78 is 0. The Labute approximate surface area is 128 Å². The maximum absolute atomic E-state index is 11.9. The lowest BCUT2D eigenvalue weighted by Crippen LogP contribution is -2.36. The van der Waals surface area contributed by atoms with Crippen molar-refractivity contribution in [1.82, 2.24) is 9.80 Å². The van der Waals surface area contributed by atoms with Crippen molar-refractivity contribution in [2.75, 3.05) is 6.54 Å². The summed E-state index contributed by atoms with van der Waals surface area (Å²) in [7, 11) is 0. The minimum Gasteiger partial charge on any atom is -0.480 e. The Bertz CT molecular complexity index is 641. The molecule has 9 heteroatoms. The number of hydrogen-bond acceptors (Lipinski definition) is 4. The van der Waals surface area contributed by atoms with Gasteiger partial charge < -0.3 is 5.11 Å². The van der Waals surface area contributed by atoms with E-state index >= 15 is 0 Å². The number of halogens is 2. The van der Waals surface area contributed by atoms with Gasteiger partial charge in [-0.15, -0.1) is 0 Å². The van der Waals surface area contributed by atoms with Crippen LogP contribution in [0.2, 0.25) is 10.0 Å². The molecule has 0 unspecified atom stereocenters. The lowest BCUT2D eigenvalue weighted by atomic mass is 10.2. The number of carboxylic acid groups (broad SMARTS) is 1. The lowest BCUT2D eigenvalue weighted by molar-refractivity contribution is -0.146. The SMILES string of the molecule is O=C(O)CN1C(=O)C(=O)N(Cc2c(Cl)cccc2Cl)C1=O. The maximum Gasteiger partial charge on any atom is 0.335 e. The van der Waals surface area contributed by atoms with Gasteiger partial charge in [-0.2, -0.15) is 0 Å². The fourth-order valence-corrected chi connectivity index (χ4v) is 2.32. The summed E-state index contributed by atoms with van der Waals surface area (Å²) in [5.74, 6) is -3.70. The van der Waals surface area contributed by atoms with Gasteiger partial charge in [-0.3, -0.25) is 19.3 Å². The molecular weight excluding hydrogens is 323 g/mol. The van der Waals surface area contributed by atoms with Crippen LogP contribution in [0.4, 0.5) is 4.79 Å². The van der Waals surface area contributed by atoms with Crippen molar-refractivity contribution in [1.29, 1.82) is 0 Å². The van der Waals surface area contributed by atoms with Gasteiger partial charge in [0.2, 0.25) is 0 Å². The molecule has 0 aromatic heterocycles. The predicted octanol–water partition coefficient (Wildman–Crippen LogP) is 1.37. The Morgan fingerprint density at radius 3 is 2.10 bits per heavy atom. The van der Waals surface area contributed by atoms with Gasteiger partial charge in [0.25, 0.3) is 0 Å². The fraction of sp³-hybridized carbons (Fsp3) is 0.167. The van der Waals surface area contributed by atoms with Crippen LogP contribution in [-0.4, -0.2) is 45.3 Å². The first-order chi connectivity index (χ1) is 9.82. The zero-order valence-corrected chi connectivity index (χ0v) is 11.9. The zero-order valence-electron chi connectivity index (χ0n) is 10.4. The number of carboxylic acids is 1. The van der Waals surface area contributed by atoms with E-state index in [1.807, 2.05) is 0 Å². The zero-order chi connectivity index (χ0) is 15.7. The van der Waals surface area contributed by atoms with Crippen molar-refractivity contribution in [2.45, 2.75) is 6.54 Å². The molecule has 7 nitrogen and oxygen atoms in total. The van der Waals surface area contributed by atoms with Crippen LogP contribution in [0.1, 0.15) is 5.56 Å². The number of rotatable bonds is 4. The third-order valence-electron chi connectivity index (χ3n) is 2.81. The average molecular weight is 331 g/mol. The van der Waals surface area contributed by atoms with E-state index < -0.39 is 30.4 Å². The number of carbonyl (C=O) groups is 4. The summed E-state index contributed by atoms with van der Waals surface area (Å²) >= 11 is 11.9. The van der Waals surface area contributed by atoms with Crippen LogP contribution in [0.25, 0.3) is 0 Å². The summed E-state index contributed by atoms with van der Waals surface area (Å²) in [5.41, 5.74) is 0.299. The van der Waals surface area contributed by atoms with E-state index in [4.69, 9.17) is 28.3 Å². The molecule has 2 rings (SSSR count). The van der Waals surface area contributed by atoms with Gasteiger partial charge in [-0.05, 0) is 12.1 Å². The molecule has 1 N–H and O–H groups in total. The van der Waals surface area contributed by atoms with E-state index in [9.17, 15) is 19.2 Å². The van der Waals surface area contributed by atoms with Crippen molar-refractivity contribution >= 4 is 47.0 Å². The third kappa shape index (κ3) is 2.84. The highest BCUT2D eigenvalue weighted by Crippen LogP contribution is 2.27. The van der Waals surface area contributed by atoms with E-state index in [2.05, 4.69) is 0 Å². The molecule has 1 fully saturated rings. The molecule has 0 atom stereocenters. The molecule has 0 saturated carbocycles. The molecule has 0 spiro atoms. The van der Waals surface area contributed by atoms with Crippen LogP contribution < -0.4 is 0 Å². The molecule has 1 heterocycles. The summed E-state index contributed by atoms with van der Waals surface area (Å²) in [6, 6.07) is 3.61. The van der Waals surface area contributed by atoms with Crippen molar-refractivity contribution in [2.24, 2.45) is 0 Å². The molecule has 1 saturated heterocycles. The summed E-state index contributed by atoms with van der Waals surface area (Å²) in [5, 5.41) is 9.10. The predicted molar refractivity (Wildman–Crippen MR) is 71.8 cm³/mol. The molecule has 0 radical (unpaired) electrons. The lowest BCUT2D eigenvalue weighted by Gasteiger charge is -2.15. The molecule has 4 amide bonds. The fourth-order valence-electron chi connectivity index (χ4n) is 1.81. The van der Waals surface area contributed by atoms with Gasteiger partial charge in [-0.25, -0.2) is 9.69 Å². The topological polar surface area (TPSA) is 95.0 Å². The Kier molecular flexibility index (Phi) is 4.15. The highest BCUT2D eigenvalue weighted by atomic mass is 35.5. The Morgan fingerprint density at radius 2 is 1.57 bits per heavy atom. The van der Waals surface area contributed by atoms with Crippen molar-refractivity contribution < 1.29 is 24.3 Å². The minimum absolute atomic E-state index is 0.229. The Balaban J connectivity index is 2.29. The summed E-state index contributed by atoms with van der Waals surface area (Å²) in [6.07, 6.45) is 0. The second kappa shape index (κ2) is 5.71. The number of imide groups is 2. The third-order valence-corrected chi connectivity index (χ3v) is 3.51. The highest BCUT2D eigenvalue weighted by Gasteiger charge is 2.45. The van der Waals surface area contributed by atoms with E-state index in [0.717, 1.165) is 0 Å². The van der Waals surface area contributed by atoms with Crippen LogP contribution >= 0.6 is 23.2 Å². The van der Waals surface area contributed by atoms with E-state index in [1.165, 1.54) is 12.1 Å². The van der Waals surface area contributed by atoms with Crippen molar-refractivity contribution in [3.05, 3.63) is 33.8 Å². The van der Waals surface area contributed by atoms with Gasteiger partial charge in [0.05, 0.1) is 6.54 Å². The van der Waals surface area contributed by atoms with Gasteiger partial charge in [0.1, 0.15) is 6.54 Å². The minimum atomic E-state index is -1.40. The quantitative estimate of drug-likeness (QED) is 0.664.